The number of sulfonamides is 1. The topological polar surface area (TPSA) is 59.1 Å². The number of anilines is 1. The molecule has 1 heterocycles. The summed E-state index contributed by atoms with van der Waals surface area (Å²) < 4.78 is 27.9. The lowest BCUT2D eigenvalue weighted by Crippen LogP contribution is -2.14. The van der Waals surface area contributed by atoms with Crippen LogP contribution in [0.25, 0.3) is 0 Å². The van der Waals surface area contributed by atoms with Crippen molar-refractivity contribution in [1.29, 1.82) is 0 Å². The molecule has 0 saturated heterocycles. The summed E-state index contributed by atoms with van der Waals surface area (Å²) in [6.45, 7) is 4.03. The van der Waals surface area contributed by atoms with Gasteiger partial charge in [0.25, 0.3) is 10.0 Å². The van der Waals surface area contributed by atoms with Crippen LogP contribution < -0.4 is 4.72 Å². The number of rotatable bonds is 6. The molecule has 22 heavy (non-hydrogen) atoms. The number of unbranched alkanes of at least 4 members (excludes halogenated alkanes) is 1. The van der Waals surface area contributed by atoms with Crippen LogP contribution in [0.3, 0.4) is 0 Å². The standard InChI is InChI=1S/C16H19BrN2O2S/c1-3-4-5-13-6-8-14(9-7-13)22(20,21)19-16-15(17)10-12(2)11-18-16/h6-11H,3-5H2,1-2H3,(H,18,19). The van der Waals surface area contributed by atoms with Crippen molar-refractivity contribution in [3.63, 3.8) is 0 Å². The molecule has 0 aliphatic heterocycles. The van der Waals surface area contributed by atoms with Crippen LogP contribution in [0.2, 0.25) is 0 Å². The minimum atomic E-state index is -3.63. The molecule has 1 aromatic heterocycles. The zero-order chi connectivity index (χ0) is 16.2. The van der Waals surface area contributed by atoms with Gasteiger partial charge in [0.1, 0.15) is 0 Å². The van der Waals surface area contributed by atoms with E-state index in [0.29, 0.717) is 10.3 Å². The van der Waals surface area contributed by atoms with Gasteiger partial charge in [-0.2, -0.15) is 0 Å². The Morgan fingerprint density at radius 2 is 1.91 bits per heavy atom. The molecule has 118 valence electrons. The van der Waals surface area contributed by atoms with E-state index < -0.39 is 10.0 Å². The van der Waals surface area contributed by atoms with Crippen molar-refractivity contribution >= 4 is 31.8 Å². The molecule has 0 bridgehead atoms. The summed E-state index contributed by atoms with van der Waals surface area (Å²) in [4.78, 5) is 4.35. The van der Waals surface area contributed by atoms with Crippen LogP contribution in [0.5, 0.6) is 0 Å². The van der Waals surface area contributed by atoms with E-state index in [1.807, 2.05) is 25.1 Å². The highest BCUT2D eigenvalue weighted by atomic mass is 79.9. The van der Waals surface area contributed by atoms with Crippen LogP contribution in [0.15, 0.2) is 45.9 Å². The maximum atomic E-state index is 12.4. The summed E-state index contributed by atoms with van der Waals surface area (Å²) in [5, 5.41) is 0. The van der Waals surface area contributed by atoms with Crippen molar-refractivity contribution < 1.29 is 8.42 Å². The first kappa shape index (κ1) is 17.0. The fourth-order valence-corrected chi connectivity index (χ4v) is 3.73. The summed E-state index contributed by atoms with van der Waals surface area (Å²) in [6, 6.07) is 8.81. The van der Waals surface area contributed by atoms with E-state index in [9.17, 15) is 8.42 Å². The maximum absolute atomic E-state index is 12.4. The van der Waals surface area contributed by atoms with Gasteiger partial charge in [0.15, 0.2) is 5.82 Å². The molecule has 0 unspecified atom stereocenters. The summed E-state index contributed by atoms with van der Waals surface area (Å²) in [5.41, 5.74) is 2.10. The van der Waals surface area contributed by atoms with E-state index in [1.54, 1.807) is 18.3 Å². The van der Waals surface area contributed by atoms with Crippen LogP contribution >= 0.6 is 15.9 Å². The van der Waals surface area contributed by atoms with Gasteiger partial charge in [-0.3, -0.25) is 4.72 Å². The van der Waals surface area contributed by atoms with Crippen LogP contribution in [0.1, 0.15) is 30.9 Å². The van der Waals surface area contributed by atoms with Crippen molar-refractivity contribution in [2.45, 2.75) is 38.0 Å². The Labute approximate surface area is 140 Å². The lowest BCUT2D eigenvalue weighted by Gasteiger charge is -2.10. The molecule has 0 fully saturated rings. The highest BCUT2D eigenvalue weighted by Gasteiger charge is 2.16. The van der Waals surface area contributed by atoms with Gasteiger partial charge in [0.2, 0.25) is 0 Å². The second-order valence-electron chi connectivity index (χ2n) is 5.20. The molecule has 2 aromatic rings. The number of pyridine rings is 1. The van der Waals surface area contributed by atoms with E-state index in [1.165, 1.54) is 0 Å². The molecule has 0 saturated carbocycles. The van der Waals surface area contributed by atoms with E-state index in [0.717, 1.165) is 30.4 Å². The fraction of sp³-hybridized carbons (Fsp3) is 0.312. The monoisotopic (exact) mass is 382 g/mol. The average molecular weight is 383 g/mol. The molecule has 0 amide bonds. The first-order valence-corrected chi connectivity index (χ1v) is 9.44. The Balaban J connectivity index is 2.19. The van der Waals surface area contributed by atoms with Crippen LogP contribution in [-0.4, -0.2) is 13.4 Å². The van der Waals surface area contributed by atoms with Crippen molar-refractivity contribution in [3.05, 3.63) is 52.1 Å². The maximum Gasteiger partial charge on any atom is 0.263 e. The molecule has 0 aliphatic carbocycles. The number of aryl methyl sites for hydroxylation is 2. The van der Waals surface area contributed by atoms with Crippen molar-refractivity contribution in [2.24, 2.45) is 0 Å². The molecule has 6 heteroatoms. The first-order valence-electron chi connectivity index (χ1n) is 7.16. The Morgan fingerprint density at radius 1 is 1.23 bits per heavy atom. The largest absolute Gasteiger partial charge is 0.263 e. The predicted molar refractivity (Wildman–Crippen MR) is 92.5 cm³/mol. The van der Waals surface area contributed by atoms with Crippen LogP contribution in [0.4, 0.5) is 5.82 Å². The third-order valence-electron chi connectivity index (χ3n) is 3.26. The second-order valence-corrected chi connectivity index (χ2v) is 7.73. The summed E-state index contributed by atoms with van der Waals surface area (Å²) in [6.07, 6.45) is 4.81. The van der Waals surface area contributed by atoms with E-state index >= 15 is 0 Å². The third kappa shape index (κ3) is 4.30. The molecule has 1 aromatic carbocycles. The highest BCUT2D eigenvalue weighted by Crippen LogP contribution is 2.23. The molecule has 0 aliphatic rings. The van der Waals surface area contributed by atoms with Crippen molar-refractivity contribution in [1.82, 2.24) is 4.98 Å². The Bertz CT molecular complexity index is 743. The number of halogens is 1. The molecule has 0 radical (unpaired) electrons. The molecule has 4 nitrogen and oxygen atoms in total. The third-order valence-corrected chi connectivity index (χ3v) is 5.22. The number of nitrogens with zero attached hydrogens (tertiary/aromatic N) is 1. The molecule has 1 N–H and O–H groups in total. The molecular weight excluding hydrogens is 364 g/mol. The highest BCUT2D eigenvalue weighted by molar-refractivity contribution is 9.10. The number of hydrogen-bond acceptors (Lipinski definition) is 3. The smallest absolute Gasteiger partial charge is 0.262 e. The predicted octanol–water partition coefficient (Wildman–Crippen LogP) is 4.30. The van der Waals surface area contributed by atoms with E-state index in [4.69, 9.17) is 0 Å². The van der Waals surface area contributed by atoms with Crippen LogP contribution in [0, 0.1) is 6.92 Å². The average Bonchev–Trinajstić information content (AvgIpc) is 2.48. The molecule has 2 rings (SSSR count). The first-order chi connectivity index (χ1) is 10.4. The Morgan fingerprint density at radius 3 is 2.50 bits per heavy atom. The van der Waals surface area contributed by atoms with Gasteiger partial charge in [-0.25, -0.2) is 13.4 Å². The normalized spacial score (nSPS) is 11.4. The summed E-state index contributed by atoms with van der Waals surface area (Å²) in [5.74, 6) is 0.292. The van der Waals surface area contributed by atoms with Gasteiger partial charge < -0.3 is 0 Å². The van der Waals surface area contributed by atoms with Crippen molar-refractivity contribution in [3.8, 4) is 0 Å². The summed E-state index contributed by atoms with van der Waals surface area (Å²) >= 11 is 3.32. The minimum Gasteiger partial charge on any atom is -0.262 e. The van der Waals surface area contributed by atoms with Gasteiger partial charge in [-0.1, -0.05) is 25.5 Å². The van der Waals surface area contributed by atoms with Crippen LogP contribution in [-0.2, 0) is 16.4 Å². The Kier molecular flexibility index (Phi) is 5.58. The van der Waals surface area contributed by atoms with E-state index in [2.05, 4.69) is 32.6 Å². The molecule has 0 spiro atoms. The molecular formula is C16H19BrN2O2S. The number of nitrogens with one attached hydrogen (secondary N) is 1. The second kappa shape index (κ2) is 7.24. The number of benzene rings is 1. The Hall–Kier alpha value is -1.40. The van der Waals surface area contributed by atoms with Gasteiger partial charge in [-0.15, -0.1) is 0 Å². The zero-order valence-electron chi connectivity index (χ0n) is 12.6. The summed E-state index contributed by atoms with van der Waals surface area (Å²) in [7, 11) is -3.63. The van der Waals surface area contributed by atoms with Gasteiger partial charge >= 0.3 is 0 Å². The number of aromatic nitrogens is 1. The van der Waals surface area contributed by atoms with Crippen molar-refractivity contribution in [2.75, 3.05) is 4.72 Å². The number of hydrogen-bond donors (Lipinski definition) is 1. The fourth-order valence-electron chi connectivity index (χ4n) is 2.01. The zero-order valence-corrected chi connectivity index (χ0v) is 15.0. The minimum absolute atomic E-state index is 0.238. The van der Waals surface area contributed by atoms with Gasteiger partial charge in [-0.05, 0) is 65.0 Å². The molecule has 0 atom stereocenters. The quantitative estimate of drug-likeness (QED) is 0.809. The van der Waals surface area contributed by atoms with E-state index in [-0.39, 0.29) is 4.90 Å². The SMILES string of the molecule is CCCCc1ccc(S(=O)(=O)Nc2ncc(C)cc2Br)cc1. The lowest BCUT2D eigenvalue weighted by atomic mass is 10.1. The van der Waals surface area contributed by atoms with Gasteiger partial charge in [0.05, 0.1) is 9.37 Å². The van der Waals surface area contributed by atoms with Gasteiger partial charge in [0, 0.05) is 6.20 Å². The lowest BCUT2D eigenvalue weighted by molar-refractivity contribution is 0.601.